The summed E-state index contributed by atoms with van der Waals surface area (Å²) >= 11 is 0. The van der Waals surface area contributed by atoms with Crippen molar-refractivity contribution in [1.29, 1.82) is 0 Å². The SMILES string of the molecule is O=C(Nc1cccc(S(=O)(=O)N2CCCC2)c1)c1cncn1-c1ccc(F)cc1. The molecule has 1 amide bonds. The molecule has 0 bridgehead atoms. The Balaban J connectivity index is 1.57. The van der Waals surface area contributed by atoms with Gasteiger partial charge in [-0.3, -0.25) is 9.36 Å². The Morgan fingerprint density at radius 3 is 2.52 bits per heavy atom. The monoisotopic (exact) mass is 414 g/mol. The van der Waals surface area contributed by atoms with Crippen LogP contribution in [0.25, 0.3) is 5.69 Å². The predicted octanol–water partition coefficient (Wildman–Crippen LogP) is 3.05. The molecule has 0 saturated carbocycles. The molecule has 2 heterocycles. The maximum atomic E-state index is 13.2. The number of hydrogen-bond acceptors (Lipinski definition) is 4. The van der Waals surface area contributed by atoms with Crippen molar-refractivity contribution in [1.82, 2.24) is 13.9 Å². The van der Waals surface area contributed by atoms with E-state index in [1.54, 1.807) is 12.1 Å². The summed E-state index contributed by atoms with van der Waals surface area (Å²) < 4.78 is 41.6. The van der Waals surface area contributed by atoms with Crippen LogP contribution in [-0.2, 0) is 10.0 Å². The molecular formula is C20H19FN4O3S. The smallest absolute Gasteiger partial charge is 0.274 e. The lowest BCUT2D eigenvalue weighted by atomic mass is 10.3. The molecular weight excluding hydrogens is 395 g/mol. The highest BCUT2D eigenvalue weighted by Gasteiger charge is 2.27. The van der Waals surface area contributed by atoms with Gasteiger partial charge in [0.2, 0.25) is 10.0 Å². The van der Waals surface area contributed by atoms with E-state index >= 15 is 0 Å². The van der Waals surface area contributed by atoms with Crippen molar-refractivity contribution in [2.24, 2.45) is 0 Å². The number of carbonyl (C=O) groups excluding carboxylic acids is 1. The summed E-state index contributed by atoms with van der Waals surface area (Å²) in [4.78, 5) is 16.9. The molecule has 1 saturated heterocycles. The van der Waals surface area contributed by atoms with Crippen molar-refractivity contribution in [3.63, 3.8) is 0 Å². The molecule has 9 heteroatoms. The highest BCUT2D eigenvalue weighted by atomic mass is 32.2. The van der Waals surface area contributed by atoms with E-state index in [4.69, 9.17) is 0 Å². The van der Waals surface area contributed by atoms with Gasteiger partial charge in [-0.25, -0.2) is 17.8 Å². The van der Waals surface area contributed by atoms with Crippen molar-refractivity contribution in [2.45, 2.75) is 17.7 Å². The second-order valence-electron chi connectivity index (χ2n) is 6.72. The number of hydrogen-bond donors (Lipinski definition) is 1. The Kier molecular flexibility index (Phi) is 5.16. The minimum Gasteiger partial charge on any atom is -0.321 e. The number of aromatic nitrogens is 2. The third-order valence-corrected chi connectivity index (χ3v) is 6.67. The highest BCUT2D eigenvalue weighted by molar-refractivity contribution is 7.89. The molecule has 29 heavy (non-hydrogen) atoms. The lowest BCUT2D eigenvalue weighted by Gasteiger charge is -2.16. The first kappa shape index (κ1) is 19.3. The van der Waals surface area contributed by atoms with Crippen molar-refractivity contribution in [2.75, 3.05) is 18.4 Å². The molecule has 7 nitrogen and oxygen atoms in total. The quantitative estimate of drug-likeness (QED) is 0.696. The minimum absolute atomic E-state index is 0.143. The number of carbonyl (C=O) groups is 1. The van der Waals surface area contributed by atoms with Crippen LogP contribution < -0.4 is 5.32 Å². The van der Waals surface area contributed by atoms with Crippen molar-refractivity contribution >= 4 is 21.6 Å². The molecule has 4 rings (SSSR count). The molecule has 0 atom stereocenters. The lowest BCUT2D eigenvalue weighted by Crippen LogP contribution is -2.28. The number of anilines is 1. The standard InChI is InChI=1S/C20H19FN4O3S/c21-15-6-8-17(9-7-15)25-14-22-13-19(25)20(26)23-16-4-3-5-18(12-16)29(27,28)24-10-1-2-11-24/h3-9,12-14H,1-2,10-11H2,(H,23,26). The van der Waals surface area contributed by atoms with Gasteiger partial charge in [-0.2, -0.15) is 4.31 Å². The summed E-state index contributed by atoms with van der Waals surface area (Å²) in [6.45, 7) is 1.02. The van der Waals surface area contributed by atoms with E-state index in [-0.39, 0.29) is 16.4 Å². The van der Waals surface area contributed by atoms with Crippen molar-refractivity contribution in [3.8, 4) is 5.69 Å². The van der Waals surface area contributed by atoms with Gasteiger partial charge in [-0.15, -0.1) is 0 Å². The van der Waals surface area contributed by atoms with Crippen LogP contribution in [0.3, 0.4) is 0 Å². The normalized spacial score (nSPS) is 14.8. The van der Waals surface area contributed by atoms with Crippen LogP contribution >= 0.6 is 0 Å². The van der Waals surface area contributed by atoms with Crippen molar-refractivity contribution in [3.05, 3.63) is 72.6 Å². The number of amides is 1. The Labute approximate surface area is 167 Å². The third-order valence-electron chi connectivity index (χ3n) is 4.77. The average molecular weight is 414 g/mol. The summed E-state index contributed by atoms with van der Waals surface area (Å²) in [5, 5.41) is 2.71. The molecule has 1 N–H and O–H groups in total. The van der Waals surface area contributed by atoms with Gasteiger partial charge >= 0.3 is 0 Å². The molecule has 0 radical (unpaired) electrons. The minimum atomic E-state index is -3.58. The van der Waals surface area contributed by atoms with E-state index in [0.29, 0.717) is 24.5 Å². The third kappa shape index (κ3) is 3.92. The van der Waals surface area contributed by atoms with Gasteiger partial charge in [0.05, 0.1) is 17.4 Å². The molecule has 0 aliphatic carbocycles. The van der Waals surface area contributed by atoms with Gasteiger partial charge in [0, 0.05) is 24.5 Å². The topological polar surface area (TPSA) is 84.3 Å². The van der Waals surface area contributed by atoms with Gasteiger partial charge in [0.15, 0.2) is 0 Å². The van der Waals surface area contributed by atoms with Gasteiger partial charge in [0.25, 0.3) is 5.91 Å². The first-order chi connectivity index (χ1) is 13.9. The molecule has 3 aromatic rings. The molecule has 1 fully saturated rings. The first-order valence-electron chi connectivity index (χ1n) is 9.15. The summed E-state index contributed by atoms with van der Waals surface area (Å²) in [6.07, 6.45) is 4.55. The number of nitrogens with one attached hydrogen (secondary N) is 1. The number of imidazole rings is 1. The fourth-order valence-electron chi connectivity index (χ4n) is 3.28. The predicted molar refractivity (Wildman–Crippen MR) is 106 cm³/mol. The van der Waals surface area contributed by atoms with E-state index in [2.05, 4.69) is 10.3 Å². The molecule has 0 spiro atoms. The lowest BCUT2D eigenvalue weighted by molar-refractivity contribution is 0.102. The summed E-state index contributed by atoms with van der Waals surface area (Å²) in [5.41, 5.74) is 1.19. The summed E-state index contributed by atoms with van der Waals surface area (Å²) in [5.74, 6) is -0.835. The van der Waals surface area contributed by atoms with E-state index < -0.39 is 15.9 Å². The Morgan fingerprint density at radius 2 is 1.79 bits per heavy atom. The number of benzene rings is 2. The number of halogens is 1. The van der Waals surface area contributed by atoms with E-state index in [1.807, 2.05) is 0 Å². The molecule has 2 aromatic carbocycles. The van der Waals surface area contributed by atoms with Crippen LogP contribution in [0, 0.1) is 5.82 Å². The van der Waals surface area contributed by atoms with Crippen LogP contribution in [0.4, 0.5) is 10.1 Å². The summed E-state index contributed by atoms with van der Waals surface area (Å²) in [7, 11) is -3.58. The van der Waals surface area contributed by atoms with Crippen LogP contribution in [0.2, 0.25) is 0 Å². The van der Waals surface area contributed by atoms with Crippen LogP contribution in [0.5, 0.6) is 0 Å². The highest BCUT2D eigenvalue weighted by Crippen LogP contribution is 2.23. The van der Waals surface area contributed by atoms with E-state index in [0.717, 1.165) is 12.8 Å². The fourth-order valence-corrected chi connectivity index (χ4v) is 4.84. The van der Waals surface area contributed by atoms with E-state index in [1.165, 1.54) is 57.8 Å². The maximum Gasteiger partial charge on any atom is 0.274 e. The Morgan fingerprint density at radius 1 is 1.07 bits per heavy atom. The second-order valence-corrected chi connectivity index (χ2v) is 8.66. The number of nitrogens with zero attached hydrogens (tertiary/aromatic N) is 3. The second kappa shape index (κ2) is 7.76. The Hall–Kier alpha value is -3.04. The van der Waals surface area contributed by atoms with Crippen LogP contribution in [0.1, 0.15) is 23.3 Å². The molecule has 150 valence electrons. The Bertz CT molecular complexity index is 1140. The summed E-state index contributed by atoms with van der Waals surface area (Å²) in [6, 6.07) is 11.9. The fraction of sp³-hybridized carbons (Fsp3) is 0.200. The molecule has 1 aromatic heterocycles. The average Bonchev–Trinajstić information content (AvgIpc) is 3.41. The number of sulfonamides is 1. The molecule has 0 unspecified atom stereocenters. The largest absolute Gasteiger partial charge is 0.321 e. The maximum absolute atomic E-state index is 13.2. The van der Waals surface area contributed by atoms with Crippen LogP contribution in [-0.4, -0.2) is 41.3 Å². The number of rotatable bonds is 5. The zero-order valence-corrected chi connectivity index (χ0v) is 16.3. The molecule has 1 aliphatic rings. The van der Waals surface area contributed by atoms with Gasteiger partial charge < -0.3 is 5.32 Å². The zero-order valence-electron chi connectivity index (χ0n) is 15.5. The van der Waals surface area contributed by atoms with Crippen molar-refractivity contribution < 1.29 is 17.6 Å². The zero-order chi connectivity index (χ0) is 20.4. The van der Waals surface area contributed by atoms with Gasteiger partial charge in [-0.05, 0) is 55.3 Å². The van der Waals surface area contributed by atoms with Gasteiger partial charge in [-0.1, -0.05) is 6.07 Å². The molecule has 1 aliphatic heterocycles. The van der Waals surface area contributed by atoms with Crippen LogP contribution in [0.15, 0.2) is 66.0 Å². The van der Waals surface area contributed by atoms with Gasteiger partial charge in [0.1, 0.15) is 11.5 Å². The van der Waals surface area contributed by atoms with E-state index in [9.17, 15) is 17.6 Å². The first-order valence-corrected chi connectivity index (χ1v) is 10.6.